The number of carboxylic acid groups (broad SMARTS) is 1. The Morgan fingerprint density at radius 1 is 1.15 bits per heavy atom. The smallest absolute Gasteiger partial charge is 0.307 e. The van der Waals surface area contributed by atoms with Crippen LogP contribution in [0.2, 0.25) is 0 Å². The molecule has 1 amide bonds. The Kier molecular flexibility index (Phi) is 5.73. The number of aliphatic carboxylic acids is 1. The summed E-state index contributed by atoms with van der Waals surface area (Å²) in [4.78, 5) is 25.6. The molecule has 0 saturated heterocycles. The molecule has 4 rings (SSSR count). The van der Waals surface area contributed by atoms with Crippen LogP contribution in [0.15, 0.2) is 83.5 Å². The fourth-order valence-corrected chi connectivity index (χ4v) is 3.40. The van der Waals surface area contributed by atoms with Crippen LogP contribution in [-0.2, 0) is 11.3 Å². The van der Waals surface area contributed by atoms with Gasteiger partial charge in [-0.1, -0.05) is 48.6 Å². The second kappa shape index (κ2) is 10.7. The molecule has 1 saturated carbocycles. The number of carbonyl (C=O) groups excluding carboxylic acids is 1. The average molecular weight is 450 g/mol. The quantitative estimate of drug-likeness (QED) is 0.307. The summed E-state index contributed by atoms with van der Waals surface area (Å²) >= 11 is 0. The molecule has 1 aliphatic carbocycles. The highest BCUT2D eigenvalue weighted by Crippen LogP contribution is 2.34. The zero-order valence-electron chi connectivity index (χ0n) is 21.9. The first-order valence-corrected chi connectivity index (χ1v) is 10.6. The van der Waals surface area contributed by atoms with Crippen LogP contribution in [0.5, 0.6) is 5.75 Å². The minimum absolute atomic E-state index is 0.0744. The maximum atomic E-state index is 13.9. The molecule has 2 unspecified atom stereocenters. The Labute approximate surface area is 198 Å². The molecule has 170 valence electrons. The van der Waals surface area contributed by atoms with Gasteiger partial charge >= 0.3 is 5.97 Å². The number of nitrogens with zero attached hydrogens (tertiary/aromatic N) is 1. The Balaban J connectivity index is 1.62. The first kappa shape index (κ1) is 17.7. The van der Waals surface area contributed by atoms with Crippen LogP contribution in [0.25, 0.3) is 11.3 Å². The van der Waals surface area contributed by atoms with E-state index in [1.54, 1.807) is 72.8 Å². The summed E-state index contributed by atoms with van der Waals surface area (Å²) in [6.07, 6.45) is 1.49. The van der Waals surface area contributed by atoms with Crippen molar-refractivity contribution in [1.82, 2.24) is 4.90 Å². The Hall–Kier alpha value is -3.80. The number of hydrogen-bond donors (Lipinski definition) is 1. The average Bonchev–Trinajstić information content (AvgIpc) is 3.27. The minimum Gasteiger partial charge on any atom is -0.493 e. The number of para-hydroxylation sites is 1. The second-order valence-electron chi connectivity index (χ2n) is 7.40. The van der Waals surface area contributed by atoms with Crippen LogP contribution in [0, 0.1) is 0 Å². The summed E-state index contributed by atoms with van der Waals surface area (Å²) in [5, 5.41) is 8.72. The van der Waals surface area contributed by atoms with E-state index in [2.05, 4.69) is 0 Å². The number of hydrogen-bond acceptors (Lipinski definition) is 4. The molecule has 3 aromatic rings. The largest absolute Gasteiger partial charge is 0.493 e. The van der Waals surface area contributed by atoms with Crippen molar-refractivity contribution < 1.29 is 29.3 Å². The van der Waals surface area contributed by atoms with Crippen molar-refractivity contribution in [2.24, 2.45) is 0 Å². The van der Waals surface area contributed by atoms with Gasteiger partial charge in [-0.15, -0.1) is 0 Å². The Morgan fingerprint density at radius 2 is 1.94 bits per heavy atom. The standard InChI is InChI=1S/C27H27NO5/c29-26(30)14-2-1-7-17-32-24-12-6-3-9-20(24)19-28(21-15-16-21)27(31)23-11-5-4-10-22(23)25-13-8-18-33-25/h1-6,8-13,18,21H,7,14-17,19H2,(H,29,30)/b2-1+/i15D,16D2,21D. The lowest BCUT2D eigenvalue weighted by Crippen LogP contribution is -2.33. The summed E-state index contributed by atoms with van der Waals surface area (Å²) in [6, 6.07) is 15.0. The zero-order valence-corrected chi connectivity index (χ0v) is 17.9. The molecule has 0 radical (unpaired) electrons. The molecular weight excluding hydrogens is 418 g/mol. The molecule has 0 aliphatic heterocycles. The van der Waals surface area contributed by atoms with Gasteiger partial charge in [0.2, 0.25) is 0 Å². The van der Waals surface area contributed by atoms with E-state index in [0.717, 1.165) is 4.90 Å². The molecule has 6 nitrogen and oxygen atoms in total. The van der Waals surface area contributed by atoms with Gasteiger partial charge in [0, 0.05) is 27.8 Å². The number of furan rings is 1. The van der Waals surface area contributed by atoms with Crippen molar-refractivity contribution in [3.63, 3.8) is 0 Å². The third kappa shape index (κ3) is 5.92. The molecule has 1 N–H and O–H groups in total. The van der Waals surface area contributed by atoms with Gasteiger partial charge in [-0.3, -0.25) is 9.59 Å². The van der Waals surface area contributed by atoms with Crippen molar-refractivity contribution in [2.45, 2.75) is 38.2 Å². The van der Waals surface area contributed by atoms with E-state index in [4.69, 9.17) is 19.7 Å². The van der Waals surface area contributed by atoms with Crippen LogP contribution in [0.3, 0.4) is 0 Å². The predicted octanol–water partition coefficient (Wildman–Crippen LogP) is 5.55. The number of rotatable bonds is 11. The highest BCUT2D eigenvalue weighted by Gasteiger charge is 2.34. The highest BCUT2D eigenvalue weighted by atomic mass is 16.5. The summed E-state index contributed by atoms with van der Waals surface area (Å²) < 4.78 is 44.8. The van der Waals surface area contributed by atoms with Crippen molar-refractivity contribution in [1.29, 1.82) is 0 Å². The van der Waals surface area contributed by atoms with E-state index in [0.29, 0.717) is 29.1 Å². The van der Waals surface area contributed by atoms with Gasteiger partial charge in [0.05, 0.1) is 26.2 Å². The number of amides is 1. The van der Waals surface area contributed by atoms with Gasteiger partial charge in [-0.2, -0.15) is 0 Å². The lowest BCUT2D eigenvalue weighted by atomic mass is 10.0. The molecule has 1 fully saturated rings. The van der Waals surface area contributed by atoms with Crippen molar-refractivity contribution >= 4 is 11.9 Å². The molecule has 1 aliphatic rings. The van der Waals surface area contributed by atoms with E-state index in [1.807, 2.05) is 0 Å². The Morgan fingerprint density at radius 3 is 2.70 bits per heavy atom. The fourth-order valence-electron chi connectivity index (χ4n) is 3.40. The summed E-state index contributed by atoms with van der Waals surface area (Å²) in [5.41, 5.74) is 1.30. The van der Waals surface area contributed by atoms with Gasteiger partial charge in [0.15, 0.2) is 0 Å². The number of carbonyl (C=O) groups is 2. The highest BCUT2D eigenvalue weighted by molar-refractivity contribution is 6.00. The maximum Gasteiger partial charge on any atom is 0.307 e. The van der Waals surface area contributed by atoms with Crippen LogP contribution >= 0.6 is 0 Å². The fraction of sp³-hybridized carbons (Fsp3) is 0.259. The van der Waals surface area contributed by atoms with Crippen LogP contribution in [-0.4, -0.2) is 34.5 Å². The lowest BCUT2D eigenvalue weighted by molar-refractivity contribution is -0.136. The van der Waals surface area contributed by atoms with Gasteiger partial charge < -0.3 is 19.2 Å². The molecule has 2 atom stereocenters. The van der Waals surface area contributed by atoms with Gasteiger partial charge in [0.1, 0.15) is 11.5 Å². The lowest BCUT2D eigenvalue weighted by Gasteiger charge is -2.25. The molecule has 0 spiro atoms. The monoisotopic (exact) mass is 449 g/mol. The minimum atomic E-state index is -2.22. The summed E-state index contributed by atoms with van der Waals surface area (Å²) in [7, 11) is 0. The van der Waals surface area contributed by atoms with Gasteiger partial charge in [-0.25, -0.2) is 0 Å². The zero-order chi connectivity index (χ0) is 26.6. The summed E-state index contributed by atoms with van der Waals surface area (Å²) in [6.45, 7) is 0.116. The number of benzene rings is 2. The summed E-state index contributed by atoms with van der Waals surface area (Å²) in [5.74, 6) is -0.591. The van der Waals surface area contributed by atoms with E-state index in [-0.39, 0.29) is 25.1 Å². The third-order valence-corrected chi connectivity index (χ3v) is 5.06. The first-order valence-electron chi connectivity index (χ1n) is 12.7. The van der Waals surface area contributed by atoms with E-state index < -0.39 is 30.7 Å². The SMILES string of the molecule is [2H]C1C([2H])([2H])C1([2H])N(Cc1ccccc1OCC/C=C/CC(=O)O)C(=O)c1ccccc1-c1ccco1. The predicted molar refractivity (Wildman–Crippen MR) is 125 cm³/mol. The molecule has 0 bridgehead atoms. The van der Waals surface area contributed by atoms with Crippen molar-refractivity contribution in [3.05, 3.63) is 90.2 Å². The van der Waals surface area contributed by atoms with E-state index in [9.17, 15) is 9.59 Å². The molecule has 33 heavy (non-hydrogen) atoms. The molecule has 2 aromatic carbocycles. The van der Waals surface area contributed by atoms with E-state index >= 15 is 0 Å². The van der Waals surface area contributed by atoms with Gasteiger partial charge in [-0.05, 0) is 43.5 Å². The maximum absolute atomic E-state index is 13.9. The van der Waals surface area contributed by atoms with Crippen LogP contribution < -0.4 is 4.74 Å². The molecular formula is C27H27NO5. The number of carboxylic acids is 1. The number of ether oxygens (including phenoxy) is 1. The van der Waals surface area contributed by atoms with Gasteiger partial charge in [0.25, 0.3) is 5.91 Å². The molecule has 1 aromatic heterocycles. The van der Waals surface area contributed by atoms with Crippen molar-refractivity contribution in [3.8, 4) is 17.1 Å². The van der Waals surface area contributed by atoms with E-state index in [1.165, 1.54) is 6.26 Å². The van der Waals surface area contributed by atoms with Crippen LogP contribution in [0.4, 0.5) is 0 Å². The van der Waals surface area contributed by atoms with Crippen molar-refractivity contribution in [2.75, 3.05) is 6.61 Å². The normalized spacial score (nSPS) is 22.6. The first-order chi connectivity index (χ1) is 17.7. The second-order valence-corrected chi connectivity index (χ2v) is 7.40. The molecule has 6 heteroatoms. The topological polar surface area (TPSA) is 80.0 Å². The molecule has 1 heterocycles. The van der Waals surface area contributed by atoms with Crippen LogP contribution in [0.1, 0.15) is 47.0 Å². The third-order valence-electron chi connectivity index (χ3n) is 5.06. The Bertz CT molecular complexity index is 1290.